The molecule has 0 aromatic heterocycles. The van der Waals surface area contributed by atoms with Crippen LogP contribution in [0.3, 0.4) is 0 Å². The third-order valence-electron chi connectivity index (χ3n) is 5.01. The van der Waals surface area contributed by atoms with Gasteiger partial charge in [0.15, 0.2) is 6.61 Å². The number of anilines is 2. The fourth-order valence-corrected chi connectivity index (χ4v) is 3.66. The van der Waals surface area contributed by atoms with Crippen LogP contribution in [-0.4, -0.2) is 62.7 Å². The number of rotatable bonds is 5. The summed E-state index contributed by atoms with van der Waals surface area (Å²) in [6, 6.07) is 12.5. The molecule has 0 saturated carbocycles. The first-order valence-corrected chi connectivity index (χ1v) is 10.3. The van der Waals surface area contributed by atoms with Gasteiger partial charge in [0.25, 0.3) is 11.8 Å². The molecule has 0 radical (unpaired) electrons. The van der Waals surface area contributed by atoms with Gasteiger partial charge in [-0.2, -0.15) is 0 Å². The molecule has 2 aliphatic rings. The van der Waals surface area contributed by atoms with Gasteiger partial charge in [0, 0.05) is 48.0 Å². The second kappa shape index (κ2) is 8.94. The molecule has 7 nitrogen and oxygen atoms in total. The molecule has 2 aliphatic heterocycles. The van der Waals surface area contributed by atoms with Crippen LogP contribution in [0.25, 0.3) is 0 Å². The zero-order valence-electron chi connectivity index (χ0n) is 15.9. The molecule has 2 aromatic rings. The van der Waals surface area contributed by atoms with Crippen molar-refractivity contribution in [2.24, 2.45) is 0 Å². The lowest BCUT2D eigenvalue weighted by molar-refractivity contribution is -0.121. The molecule has 2 aromatic carbocycles. The molecule has 0 aliphatic carbocycles. The number of carbonyl (C=O) groups excluding carboxylic acids is 2. The van der Waals surface area contributed by atoms with E-state index in [1.165, 1.54) is 0 Å². The summed E-state index contributed by atoms with van der Waals surface area (Å²) < 4.78 is 11.9. The first-order chi connectivity index (χ1) is 14.1. The molecule has 1 fully saturated rings. The van der Waals surface area contributed by atoms with Gasteiger partial charge in [-0.3, -0.25) is 14.5 Å². The van der Waals surface area contributed by atoms with Crippen molar-refractivity contribution in [1.82, 2.24) is 4.90 Å². The number of nitrogens with one attached hydrogen (secondary N) is 1. The van der Waals surface area contributed by atoms with Crippen molar-refractivity contribution in [3.63, 3.8) is 0 Å². The van der Waals surface area contributed by atoms with Crippen molar-refractivity contribution in [1.29, 1.82) is 0 Å². The normalized spacial score (nSPS) is 16.9. The summed E-state index contributed by atoms with van der Waals surface area (Å²) in [5, 5.41) is 2.88. The lowest BCUT2D eigenvalue weighted by Gasteiger charge is -2.33. The predicted octanol–water partition coefficient (Wildman–Crippen LogP) is 2.76. The van der Waals surface area contributed by atoms with E-state index in [0.29, 0.717) is 23.5 Å². The van der Waals surface area contributed by atoms with Crippen molar-refractivity contribution in [3.05, 3.63) is 52.5 Å². The van der Waals surface area contributed by atoms with Crippen molar-refractivity contribution in [3.8, 4) is 5.75 Å². The SMILES string of the molecule is O=C(Nc1ccc2c(c1)OCC(=O)N2CCN1CCOCC1)c1ccc(Br)cc1. The summed E-state index contributed by atoms with van der Waals surface area (Å²) in [6.45, 7) is 4.61. The molecule has 4 rings (SSSR count). The number of hydrogen-bond acceptors (Lipinski definition) is 5. The van der Waals surface area contributed by atoms with Gasteiger partial charge >= 0.3 is 0 Å². The molecule has 0 bridgehead atoms. The number of fused-ring (bicyclic) bond motifs is 1. The van der Waals surface area contributed by atoms with E-state index in [2.05, 4.69) is 26.1 Å². The number of benzene rings is 2. The maximum absolute atomic E-state index is 12.4. The number of amides is 2. The molecular weight excluding hydrogens is 438 g/mol. The van der Waals surface area contributed by atoms with E-state index >= 15 is 0 Å². The van der Waals surface area contributed by atoms with Crippen LogP contribution in [0.2, 0.25) is 0 Å². The standard InChI is InChI=1S/C21H22BrN3O4/c22-16-3-1-15(2-4-16)21(27)23-17-5-6-18-19(13-17)29-14-20(26)25(18)8-7-24-9-11-28-12-10-24/h1-6,13H,7-12,14H2,(H,23,27). The predicted molar refractivity (Wildman–Crippen MR) is 114 cm³/mol. The van der Waals surface area contributed by atoms with Gasteiger partial charge in [0.2, 0.25) is 0 Å². The van der Waals surface area contributed by atoms with Gasteiger partial charge in [0.05, 0.1) is 18.9 Å². The van der Waals surface area contributed by atoms with Gasteiger partial charge in [-0.1, -0.05) is 15.9 Å². The number of carbonyl (C=O) groups is 2. The molecule has 0 unspecified atom stereocenters. The van der Waals surface area contributed by atoms with Crippen LogP contribution in [0.1, 0.15) is 10.4 Å². The van der Waals surface area contributed by atoms with Crippen LogP contribution in [0.5, 0.6) is 5.75 Å². The van der Waals surface area contributed by atoms with Crippen molar-refractivity contribution in [2.45, 2.75) is 0 Å². The van der Waals surface area contributed by atoms with Crippen LogP contribution in [0.4, 0.5) is 11.4 Å². The fraction of sp³-hybridized carbons (Fsp3) is 0.333. The Morgan fingerprint density at radius 3 is 2.59 bits per heavy atom. The Morgan fingerprint density at radius 2 is 1.83 bits per heavy atom. The third-order valence-corrected chi connectivity index (χ3v) is 5.54. The quantitative estimate of drug-likeness (QED) is 0.744. The van der Waals surface area contributed by atoms with E-state index in [0.717, 1.165) is 43.0 Å². The molecule has 29 heavy (non-hydrogen) atoms. The summed E-state index contributed by atoms with van der Waals surface area (Å²) >= 11 is 3.36. The van der Waals surface area contributed by atoms with E-state index in [-0.39, 0.29) is 18.4 Å². The van der Waals surface area contributed by atoms with E-state index in [4.69, 9.17) is 9.47 Å². The summed E-state index contributed by atoms with van der Waals surface area (Å²) in [5.74, 6) is 0.339. The highest BCUT2D eigenvalue weighted by molar-refractivity contribution is 9.10. The maximum atomic E-state index is 12.4. The minimum Gasteiger partial charge on any atom is -0.481 e. The molecule has 1 saturated heterocycles. The van der Waals surface area contributed by atoms with Gasteiger partial charge in [-0.25, -0.2) is 0 Å². The molecule has 0 atom stereocenters. The number of hydrogen-bond donors (Lipinski definition) is 1. The number of halogens is 1. The lowest BCUT2D eigenvalue weighted by Crippen LogP contribution is -2.45. The zero-order chi connectivity index (χ0) is 20.2. The molecule has 1 N–H and O–H groups in total. The largest absolute Gasteiger partial charge is 0.481 e. The van der Waals surface area contributed by atoms with Gasteiger partial charge in [-0.15, -0.1) is 0 Å². The number of morpholine rings is 1. The van der Waals surface area contributed by atoms with E-state index < -0.39 is 0 Å². The Balaban J connectivity index is 1.45. The summed E-state index contributed by atoms with van der Waals surface area (Å²) in [6.07, 6.45) is 0. The summed E-state index contributed by atoms with van der Waals surface area (Å²) in [4.78, 5) is 28.9. The lowest BCUT2D eigenvalue weighted by atomic mass is 10.2. The van der Waals surface area contributed by atoms with Crippen LogP contribution in [0, 0.1) is 0 Å². The molecule has 0 spiro atoms. The number of ether oxygens (including phenoxy) is 2. The highest BCUT2D eigenvalue weighted by Gasteiger charge is 2.26. The van der Waals surface area contributed by atoms with E-state index in [9.17, 15) is 9.59 Å². The maximum Gasteiger partial charge on any atom is 0.265 e. The molecule has 152 valence electrons. The van der Waals surface area contributed by atoms with E-state index in [1.807, 2.05) is 18.2 Å². The molecular formula is C21H22BrN3O4. The number of nitrogens with zero attached hydrogens (tertiary/aromatic N) is 2. The Labute approximate surface area is 177 Å². The first-order valence-electron chi connectivity index (χ1n) is 9.54. The summed E-state index contributed by atoms with van der Waals surface area (Å²) in [5.41, 5.74) is 1.92. The topological polar surface area (TPSA) is 71.1 Å². The minimum atomic E-state index is -0.200. The van der Waals surface area contributed by atoms with Crippen molar-refractivity contribution in [2.75, 3.05) is 56.2 Å². The van der Waals surface area contributed by atoms with Crippen LogP contribution in [0.15, 0.2) is 46.9 Å². The van der Waals surface area contributed by atoms with Crippen molar-refractivity contribution >= 4 is 39.1 Å². The second-order valence-electron chi connectivity index (χ2n) is 6.93. The Bertz CT molecular complexity index is 897. The highest BCUT2D eigenvalue weighted by Crippen LogP contribution is 2.34. The second-order valence-corrected chi connectivity index (χ2v) is 7.85. The highest BCUT2D eigenvalue weighted by atomic mass is 79.9. The van der Waals surface area contributed by atoms with Gasteiger partial charge in [-0.05, 0) is 36.4 Å². The van der Waals surface area contributed by atoms with Crippen LogP contribution >= 0.6 is 15.9 Å². The Morgan fingerprint density at radius 1 is 1.07 bits per heavy atom. The van der Waals surface area contributed by atoms with Gasteiger partial charge in [0.1, 0.15) is 5.75 Å². The van der Waals surface area contributed by atoms with Gasteiger partial charge < -0.3 is 19.7 Å². The van der Waals surface area contributed by atoms with Crippen LogP contribution in [-0.2, 0) is 9.53 Å². The average Bonchev–Trinajstić information content (AvgIpc) is 2.74. The first kappa shape index (κ1) is 19.9. The molecule has 2 heterocycles. The average molecular weight is 460 g/mol. The van der Waals surface area contributed by atoms with Crippen LogP contribution < -0.4 is 15.0 Å². The van der Waals surface area contributed by atoms with E-state index in [1.54, 1.807) is 29.2 Å². The smallest absolute Gasteiger partial charge is 0.265 e. The molecule has 8 heteroatoms. The Kier molecular flexibility index (Phi) is 6.13. The minimum absolute atomic E-state index is 0.000221. The molecule has 2 amide bonds. The third kappa shape index (κ3) is 4.77. The fourth-order valence-electron chi connectivity index (χ4n) is 3.40. The summed E-state index contributed by atoms with van der Waals surface area (Å²) in [7, 11) is 0. The monoisotopic (exact) mass is 459 g/mol. The Hall–Kier alpha value is -2.42. The van der Waals surface area contributed by atoms with Crippen molar-refractivity contribution < 1.29 is 19.1 Å². The zero-order valence-corrected chi connectivity index (χ0v) is 17.5.